The number of unbranched alkanes of at least 4 members (excludes halogenated alkanes) is 2. The molecule has 3 aromatic rings. The number of methoxy groups -OCH3 is 1. The van der Waals surface area contributed by atoms with Gasteiger partial charge in [0.15, 0.2) is 16.9 Å². The Balaban J connectivity index is 1.88. The predicted molar refractivity (Wildman–Crippen MR) is 133 cm³/mol. The summed E-state index contributed by atoms with van der Waals surface area (Å²) in [7, 11) is 1.60. The summed E-state index contributed by atoms with van der Waals surface area (Å²) in [5.74, 6) is 1.14. The van der Waals surface area contributed by atoms with Gasteiger partial charge in [-0.3, -0.25) is 9.59 Å². The van der Waals surface area contributed by atoms with Crippen LogP contribution in [0, 0.1) is 13.8 Å². The van der Waals surface area contributed by atoms with Gasteiger partial charge in [0.2, 0.25) is 5.76 Å². The normalized spacial score (nSPS) is 15.1. The third-order valence-corrected chi connectivity index (χ3v) is 6.41. The smallest absolute Gasteiger partial charge is 0.290 e. The standard InChI is InChI=1S/C28H33NO5/c1-6-8-12-29-24(19-10-11-21(22(16-19)32-5)33-13-9-7-2)23-25(30)20-15-17(3)14-18(4)26(20)34-27(23)28(29)31/h10-11,14-16,24H,6-9,12-13H2,1-5H3. The van der Waals surface area contributed by atoms with Gasteiger partial charge in [-0.1, -0.05) is 38.8 Å². The van der Waals surface area contributed by atoms with Gasteiger partial charge in [-0.05, 0) is 61.6 Å². The molecule has 4 rings (SSSR count). The zero-order valence-corrected chi connectivity index (χ0v) is 20.7. The molecule has 2 heterocycles. The van der Waals surface area contributed by atoms with Gasteiger partial charge in [-0.15, -0.1) is 0 Å². The number of carbonyl (C=O) groups excluding carboxylic acids is 1. The molecular weight excluding hydrogens is 430 g/mol. The maximum absolute atomic E-state index is 13.8. The number of aryl methyl sites for hydroxylation is 2. The van der Waals surface area contributed by atoms with E-state index in [-0.39, 0.29) is 17.1 Å². The first kappa shape index (κ1) is 23.9. The molecule has 0 radical (unpaired) electrons. The van der Waals surface area contributed by atoms with E-state index in [4.69, 9.17) is 13.9 Å². The molecule has 0 saturated heterocycles. The van der Waals surface area contributed by atoms with Crippen molar-refractivity contribution >= 4 is 16.9 Å². The quantitative estimate of drug-likeness (QED) is 0.367. The Labute approximate surface area is 200 Å². The lowest BCUT2D eigenvalue weighted by Crippen LogP contribution is -2.30. The van der Waals surface area contributed by atoms with Gasteiger partial charge >= 0.3 is 0 Å². The second-order valence-electron chi connectivity index (χ2n) is 9.00. The number of fused-ring (bicyclic) bond motifs is 2. The highest BCUT2D eigenvalue weighted by molar-refractivity contribution is 5.99. The Morgan fingerprint density at radius 1 is 1.00 bits per heavy atom. The molecule has 2 aromatic carbocycles. The van der Waals surface area contributed by atoms with Crippen LogP contribution in [0.15, 0.2) is 39.5 Å². The van der Waals surface area contributed by atoms with Gasteiger partial charge in [0.05, 0.1) is 30.7 Å². The minimum absolute atomic E-state index is 0.146. The van der Waals surface area contributed by atoms with E-state index >= 15 is 0 Å². The Morgan fingerprint density at radius 3 is 2.47 bits per heavy atom. The summed E-state index contributed by atoms with van der Waals surface area (Å²) in [5, 5.41) is 0.512. The van der Waals surface area contributed by atoms with Gasteiger partial charge in [0, 0.05) is 6.54 Å². The van der Waals surface area contributed by atoms with E-state index in [0.29, 0.717) is 41.2 Å². The molecule has 0 saturated carbocycles. The summed E-state index contributed by atoms with van der Waals surface area (Å²) in [4.78, 5) is 29.0. The largest absolute Gasteiger partial charge is 0.493 e. The minimum Gasteiger partial charge on any atom is -0.493 e. The highest BCUT2D eigenvalue weighted by atomic mass is 16.5. The highest BCUT2D eigenvalue weighted by Gasteiger charge is 2.42. The van der Waals surface area contributed by atoms with Gasteiger partial charge in [-0.2, -0.15) is 0 Å². The zero-order valence-electron chi connectivity index (χ0n) is 20.7. The van der Waals surface area contributed by atoms with Crippen molar-refractivity contribution in [3.8, 4) is 11.5 Å². The van der Waals surface area contributed by atoms with Crippen LogP contribution in [0.4, 0.5) is 0 Å². The van der Waals surface area contributed by atoms with Crippen LogP contribution in [-0.2, 0) is 0 Å². The van der Waals surface area contributed by atoms with Crippen molar-refractivity contribution < 1.29 is 18.7 Å². The molecule has 0 aliphatic carbocycles. The molecule has 1 aliphatic heterocycles. The van der Waals surface area contributed by atoms with Crippen molar-refractivity contribution in [3.63, 3.8) is 0 Å². The number of rotatable bonds is 9. The van der Waals surface area contributed by atoms with Crippen molar-refractivity contribution in [1.29, 1.82) is 0 Å². The molecule has 180 valence electrons. The second kappa shape index (κ2) is 9.92. The lowest BCUT2D eigenvalue weighted by Gasteiger charge is -2.25. The Bertz CT molecular complexity index is 1280. The van der Waals surface area contributed by atoms with Crippen molar-refractivity contribution in [2.45, 2.75) is 59.4 Å². The predicted octanol–water partition coefficient (Wildman–Crippen LogP) is 5.94. The lowest BCUT2D eigenvalue weighted by atomic mass is 9.97. The third-order valence-electron chi connectivity index (χ3n) is 6.41. The van der Waals surface area contributed by atoms with Gasteiger partial charge < -0.3 is 18.8 Å². The summed E-state index contributed by atoms with van der Waals surface area (Å²) in [6.45, 7) is 9.19. The molecule has 1 atom stereocenters. The van der Waals surface area contributed by atoms with E-state index in [2.05, 4.69) is 13.8 Å². The van der Waals surface area contributed by atoms with Crippen LogP contribution >= 0.6 is 0 Å². The monoisotopic (exact) mass is 463 g/mol. The van der Waals surface area contributed by atoms with E-state index in [1.807, 2.05) is 44.2 Å². The van der Waals surface area contributed by atoms with Crippen molar-refractivity contribution in [3.05, 3.63) is 68.6 Å². The summed E-state index contributed by atoms with van der Waals surface area (Å²) in [6, 6.07) is 8.93. The molecule has 0 bridgehead atoms. The number of benzene rings is 2. The fourth-order valence-electron chi connectivity index (χ4n) is 4.68. The highest BCUT2D eigenvalue weighted by Crippen LogP contribution is 2.41. The molecule has 6 nitrogen and oxygen atoms in total. The summed E-state index contributed by atoms with van der Waals surface area (Å²) >= 11 is 0. The first-order valence-electron chi connectivity index (χ1n) is 12.1. The summed E-state index contributed by atoms with van der Waals surface area (Å²) in [5.41, 5.74) is 3.37. The number of ether oxygens (including phenoxy) is 2. The van der Waals surface area contributed by atoms with E-state index in [9.17, 15) is 9.59 Å². The van der Waals surface area contributed by atoms with Crippen LogP contribution in [-0.4, -0.2) is 31.1 Å². The maximum atomic E-state index is 13.8. The van der Waals surface area contributed by atoms with Gasteiger partial charge in [-0.25, -0.2) is 0 Å². The lowest BCUT2D eigenvalue weighted by molar-refractivity contribution is 0.0725. The van der Waals surface area contributed by atoms with E-state index < -0.39 is 6.04 Å². The van der Waals surface area contributed by atoms with Crippen LogP contribution in [0.25, 0.3) is 11.0 Å². The minimum atomic E-state index is -0.533. The Morgan fingerprint density at radius 2 is 1.76 bits per heavy atom. The van der Waals surface area contributed by atoms with Crippen molar-refractivity contribution in [1.82, 2.24) is 4.90 Å². The Hall–Kier alpha value is -3.28. The third kappa shape index (κ3) is 4.17. The van der Waals surface area contributed by atoms with Crippen molar-refractivity contribution in [2.75, 3.05) is 20.3 Å². The molecule has 1 aliphatic rings. The maximum Gasteiger partial charge on any atom is 0.290 e. The van der Waals surface area contributed by atoms with Crippen LogP contribution in [0.3, 0.4) is 0 Å². The number of hydrogen-bond donors (Lipinski definition) is 0. The molecule has 0 fully saturated rings. The molecule has 6 heteroatoms. The molecule has 1 amide bonds. The Kier molecular flexibility index (Phi) is 6.96. The second-order valence-corrected chi connectivity index (χ2v) is 9.00. The first-order valence-corrected chi connectivity index (χ1v) is 12.1. The molecule has 34 heavy (non-hydrogen) atoms. The first-order chi connectivity index (χ1) is 16.4. The molecule has 1 unspecified atom stereocenters. The average Bonchev–Trinajstić information content (AvgIpc) is 3.10. The fraction of sp³-hybridized carbons (Fsp3) is 0.429. The zero-order chi connectivity index (χ0) is 24.4. The topological polar surface area (TPSA) is 69.0 Å². The summed E-state index contributed by atoms with van der Waals surface area (Å²) < 4.78 is 17.6. The van der Waals surface area contributed by atoms with E-state index in [1.54, 1.807) is 12.0 Å². The number of hydrogen-bond acceptors (Lipinski definition) is 5. The number of nitrogens with zero attached hydrogens (tertiary/aromatic N) is 1. The number of amides is 1. The van der Waals surface area contributed by atoms with Crippen LogP contribution in [0.2, 0.25) is 0 Å². The fourth-order valence-corrected chi connectivity index (χ4v) is 4.68. The molecule has 1 aromatic heterocycles. The number of carbonyl (C=O) groups is 1. The van der Waals surface area contributed by atoms with Crippen LogP contribution in [0.5, 0.6) is 11.5 Å². The molecular formula is C28H33NO5. The van der Waals surface area contributed by atoms with Gasteiger partial charge in [0.1, 0.15) is 5.58 Å². The SMILES string of the molecule is CCCCOc1ccc(C2c3c(oc4c(C)cc(C)cc4c3=O)C(=O)N2CCCC)cc1OC. The van der Waals surface area contributed by atoms with Crippen LogP contribution in [0.1, 0.15) is 78.4 Å². The van der Waals surface area contributed by atoms with E-state index in [0.717, 1.165) is 42.4 Å². The van der Waals surface area contributed by atoms with Crippen molar-refractivity contribution in [2.24, 2.45) is 0 Å². The van der Waals surface area contributed by atoms with Gasteiger partial charge in [0.25, 0.3) is 5.91 Å². The summed E-state index contributed by atoms with van der Waals surface area (Å²) in [6.07, 6.45) is 3.75. The van der Waals surface area contributed by atoms with Crippen LogP contribution < -0.4 is 14.9 Å². The molecule has 0 N–H and O–H groups in total. The average molecular weight is 464 g/mol. The molecule has 0 spiro atoms. The van der Waals surface area contributed by atoms with E-state index in [1.165, 1.54) is 0 Å².